The maximum atomic E-state index is 5.59. The second-order valence-electron chi connectivity index (χ2n) is 3.93. The molecule has 0 amide bonds. The average molecular weight is 247 g/mol. The molecule has 1 heterocycles. The molecule has 0 atom stereocenters. The molecule has 2 aromatic rings. The summed E-state index contributed by atoms with van der Waals surface area (Å²) in [6.45, 7) is 2.34. The Balaban J connectivity index is 2.56. The zero-order valence-electron chi connectivity index (χ0n) is 10.8. The van der Waals surface area contributed by atoms with E-state index in [-0.39, 0.29) is 0 Å². The molecule has 18 heavy (non-hydrogen) atoms. The first-order valence-corrected chi connectivity index (χ1v) is 5.67. The zero-order valence-corrected chi connectivity index (χ0v) is 10.8. The van der Waals surface area contributed by atoms with Gasteiger partial charge in [0.2, 0.25) is 0 Å². The van der Waals surface area contributed by atoms with Gasteiger partial charge in [-0.05, 0) is 25.1 Å². The van der Waals surface area contributed by atoms with Gasteiger partial charge in [-0.3, -0.25) is 0 Å². The van der Waals surface area contributed by atoms with E-state index in [9.17, 15) is 0 Å². The van der Waals surface area contributed by atoms with Crippen LogP contribution in [0, 0.1) is 6.92 Å². The van der Waals surface area contributed by atoms with Crippen LogP contribution in [0.15, 0.2) is 18.2 Å². The van der Waals surface area contributed by atoms with Crippen LogP contribution in [0.3, 0.4) is 0 Å². The number of aryl methyl sites for hydroxylation is 1. The molecule has 5 heteroatoms. The number of nitrogens with one attached hydrogen (secondary N) is 1. The Morgan fingerprint density at radius 1 is 1.28 bits per heavy atom. The van der Waals surface area contributed by atoms with Gasteiger partial charge < -0.3 is 20.2 Å². The molecule has 0 spiro atoms. The predicted octanol–water partition coefficient (Wildman–Crippen LogP) is 1.86. The van der Waals surface area contributed by atoms with Crippen molar-refractivity contribution in [1.29, 1.82) is 0 Å². The third-order valence-electron chi connectivity index (χ3n) is 2.79. The number of benzene rings is 1. The highest BCUT2D eigenvalue weighted by atomic mass is 16.5. The molecule has 2 rings (SSSR count). The maximum Gasteiger partial charge on any atom is 0.128 e. The van der Waals surface area contributed by atoms with Gasteiger partial charge in [-0.15, -0.1) is 0 Å². The van der Waals surface area contributed by atoms with Gasteiger partial charge in [0, 0.05) is 11.3 Å². The second kappa shape index (κ2) is 5.10. The SMILES string of the molecule is COc1ccc(OC)c(-c2nc(CN)[nH]c2C)c1. The smallest absolute Gasteiger partial charge is 0.128 e. The number of H-pyrrole nitrogens is 1. The number of nitrogens with two attached hydrogens (primary N) is 1. The third kappa shape index (κ3) is 2.17. The Morgan fingerprint density at radius 2 is 2.06 bits per heavy atom. The molecule has 0 aliphatic heterocycles. The lowest BCUT2D eigenvalue weighted by molar-refractivity contribution is 0.404. The van der Waals surface area contributed by atoms with Gasteiger partial charge in [-0.25, -0.2) is 4.98 Å². The summed E-state index contributed by atoms with van der Waals surface area (Å²) in [5.74, 6) is 2.28. The van der Waals surface area contributed by atoms with Crippen molar-refractivity contribution in [2.24, 2.45) is 5.73 Å². The van der Waals surface area contributed by atoms with E-state index in [0.29, 0.717) is 6.54 Å². The van der Waals surface area contributed by atoms with Gasteiger partial charge in [0.15, 0.2) is 0 Å². The molecular formula is C13H17N3O2. The quantitative estimate of drug-likeness (QED) is 0.865. The summed E-state index contributed by atoms with van der Waals surface area (Å²) < 4.78 is 10.6. The molecule has 5 nitrogen and oxygen atoms in total. The lowest BCUT2D eigenvalue weighted by atomic mass is 10.1. The summed E-state index contributed by atoms with van der Waals surface area (Å²) in [4.78, 5) is 7.62. The molecule has 96 valence electrons. The van der Waals surface area contributed by atoms with E-state index < -0.39 is 0 Å². The molecule has 0 aliphatic carbocycles. The standard InChI is InChI=1S/C13H17N3O2/c1-8-13(16-12(7-14)15-8)10-6-9(17-2)4-5-11(10)18-3/h4-6H,7,14H2,1-3H3,(H,15,16). The molecule has 3 N–H and O–H groups in total. The Hall–Kier alpha value is -2.01. The fourth-order valence-electron chi connectivity index (χ4n) is 1.88. The van der Waals surface area contributed by atoms with Gasteiger partial charge in [0.25, 0.3) is 0 Å². The molecule has 1 aromatic carbocycles. The summed E-state index contributed by atoms with van der Waals surface area (Å²) in [6.07, 6.45) is 0. The van der Waals surface area contributed by atoms with E-state index >= 15 is 0 Å². The molecule has 1 aromatic heterocycles. The monoisotopic (exact) mass is 247 g/mol. The van der Waals surface area contributed by atoms with Gasteiger partial charge in [-0.2, -0.15) is 0 Å². The molecule has 0 aliphatic rings. The highest BCUT2D eigenvalue weighted by Gasteiger charge is 2.14. The van der Waals surface area contributed by atoms with Crippen molar-refractivity contribution in [3.63, 3.8) is 0 Å². The Kier molecular flexibility index (Phi) is 3.53. The van der Waals surface area contributed by atoms with E-state index in [4.69, 9.17) is 15.2 Å². The minimum absolute atomic E-state index is 0.382. The number of ether oxygens (including phenoxy) is 2. The number of imidazole rings is 1. The summed E-state index contributed by atoms with van der Waals surface area (Å²) >= 11 is 0. The Labute approximate surface area is 106 Å². The second-order valence-corrected chi connectivity index (χ2v) is 3.93. The van der Waals surface area contributed by atoms with Crippen LogP contribution >= 0.6 is 0 Å². The van der Waals surface area contributed by atoms with Crippen LogP contribution in [0.25, 0.3) is 11.3 Å². The largest absolute Gasteiger partial charge is 0.497 e. The molecule has 0 saturated heterocycles. The highest BCUT2D eigenvalue weighted by molar-refractivity contribution is 5.71. The minimum Gasteiger partial charge on any atom is -0.497 e. The number of hydrogen-bond acceptors (Lipinski definition) is 4. The summed E-state index contributed by atoms with van der Waals surface area (Å²) in [7, 11) is 3.27. The number of methoxy groups -OCH3 is 2. The summed E-state index contributed by atoms with van der Waals surface area (Å²) in [6, 6.07) is 5.63. The number of aromatic nitrogens is 2. The lowest BCUT2D eigenvalue weighted by Gasteiger charge is -2.09. The van der Waals surface area contributed by atoms with Gasteiger partial charge >= 0.3 is 0 Å². The first kappa shape index (κ1) is 12.4. The van der Waals surface area contributed by atoms with Crippen LogP contribution < -0.4 is 15.2 Å². The van der Waals surface area contributed by atoms with E-state index in [1.165, 1.54) is 0 Å². The van der Waals surface area contributed by atoms with Crippen LogP contribution in [-0.4, -0.2) is 24.2 Å². The molecule has 0 radical (unpaired) electrons. The van der Waals surface area contributed by atoms with E-state index in [2.05, 4.69) is 9.97 Å². The Bertz CT molecular complexity index is 549. The molecule has 0 bridgehead atoms. The Morgan fingerprint density at radius 3 is 2.61 bits per heavy atom. The number of aromatic amines is 1. The lowest BCUT2D eigenvalue weighted by Crippen LogP contribution is -1.98. The highest BCUT2D eigenvalue weighted by Crippen LogP contribution is 2.33. The number of nitrogens with zero attached hydrogens (tertiary/aromatic N) is 1. The summed E-state index contributed by atoms with van der Waals surface area (Å²) in [5, 5.41) is 0. The van der Waals surface area contributed by atoms with Crippen LogP contribution in [0.5, 0.6) is 11.5 Å². The average Bonchev–Trinajstić information content (AvgIpc) is 2.79. The maximum absolute atomic E-state index is 5.59. The normalized spacial score (nSPS) is 10.4. The fraction of sp³-hybridized carbons (Fsp3) is 0.308. The van der Waals surface area contributed by atoms with Crippen molar-refractivity contribution in [2.45, 2.75) is 13.5 Å². The summed E-state index contributed by atoms with van der Waals surface area (Å²) in [5.41, 5.74) is 8.28. The predicted molar refractivity (Wildman–Crippen MR) is 69.8 cm³/mol. The van der Waals surface area contributed by atoms with Crippen LogP contribution in [0.4, 0.5) is 0 Å². The molecular weight excluding hydrogens is 230 g/mol. The van der Waals surface area contributed by atoms with Gasteiger partial charge in [-0.1, -0.05) is 0 Å². The van der Waals surface area contributed by atoms with Crippen molar-refractivity contribution in [3.8, 4) is 22.8 Å². The van der Waals surface area contributed by atoms with E-state index in [0.717, 1.165) is 34.3 Å². The van der Waals surface area contributed by atoms with Crippen LogP contribution in [0.2, 0.25) is 0 Å². The van der Waals surface area contributed by atoms with Gasteiger partial charge in [0.1, 0.15) is 17.3 Å². The van der Waals surface area contributed by atoms with Crippen LogP contribution in [0.1, 0.15) is 11.5 Å². The third-order valence-corrected chi connectivity index (χ3v) is 2.79. The minimum atomic E-state index is 0.382. The van der Waals surface area contributed by atoms with Crippen molar-refractivity contribution in [1.82, 2.24) is 9.97 Å². The molecule has 0 saturated carbocycles. The molecule has 0 unspecified atom stereocenters. The van der Waals surface area contributed by atoms with Gasteiger partial charge in [0.05, 0.1) is 26.5 Å². The van der Waals surface area contributed by atoms with Crippen molar-refractivity contribution in [3.05, 3.63) is 29.7 Å². The van der Waals surface area contributed by atoms with Crippen molar-refractivity contribution < 1.29 is 9.47 Å². The number of hydrogen-bond donors (Lipinski definition) is 2. The van der Waals surface area contributed by atoms with Crippen molar-refractivity contribution >= 4 is 0 Å². The molecule has 0 fully saturated rings. The number of rotatable bonds is 4. The zero-order chi connectivity index (χ0) is 13.1. The first-order valence-electron chi connectivity index (χ1n) is 5.67. The van der Waals surface area contributed by atoms with E-state index in [1.54, 1.807) is 14.2 Å². The van der Waals surface area contributed by atoms with E-state index in [1.807, 2.05) is 25.1 Å². The first-order chi connectivity index (χ1) is 8.69. The van der Waals surface area contributed by atoms with Crippen molar-refractivity contribution in [2.75, 3.05) is 14.2 Å². The fourth-order valence-corrected chi connectivity index (χ4v) is 1.88. The topological polar surface area (TPSA) is 73.2 Å². The van der Waals surface area contributed by atoms with Crippen LogP contribution in [-0.2, 0) is 6.54 Å².